The summed E-state index contributed by atoms with van der Waals surface area (Å²) in [4.78, 5) is 24.2. The Labute approximate surface area is 364 Å². The van der Waals surface area contributed by atoms with Crippen LogP contribution in [0.1, 0.15) is 50.7 Å². The minimum Gasteiger partial charge on any atom is -0.486 e. The van der Waals surface area contributed by atoms with Crippen molar-refractivity contribution in [2.45, 2.75) is 39.5 Å². The van der Waals surface area contributed by atoms with Gasteiger partial charge in [-0.1, -0.05) is 93.2 Å². The van der Waals surface area contributed by atoms with Crippen LogP contribution in [0.3, 0.4) is 0 Å². The Balaban J connectivity index is 0.000000340. The van der Waals surface area contributed by atoms with Crippen LogP contribution in [0.5, 0.6) is 0 Å². The fourth-order valence-corrected chi connectivity index (χ4v) is 7.46. The SMILES string of the molecule is CC(C)c1cc(-c2ccccc2)cc(C(C)C)c1-n1c(-c2[c-]ccc3c2oc2nc(-c4nc(F)nc(F)n4)ccc23)nc2ccccc21.[Ir].[c-]1ccccc1-c1ccccn1. The number of benzene rings is 5. The number of hydrogen-bond donors (Lipinski definition) is 0. The largest absolute Gasteiger partial charge is 0.486 e. The molecule has 61 heavy (non-hydrogen) atoms. The molecule has 0 unspecified atom stereocenters. The molecular formula is C50H37F2IrN7O-2. The first-order chi connectivity index (χ1) is 29.2. The van der Waals surface area contributed by atoms with Crippen molar-refractivity contribution in [3.05, 3.63) is 175 Å². The summed E-state index contributed by atoms with van der Waals surface area (Å²) < 4.78 is 36.3. The van der Waals surface area contributed by atoms with Gasteiger partial charge in [0.25, 0.3) is 0 Å². The zero-order valence-corrected chi connectivity index (χ0v) is 36.0. The first-order valence-electron chi connectivity index (χ1n) is 19.6. The fourth-order valence-electron chi connectivity index (χ4n) is 7.46. The molecule has 0 spiro atoms. The van der Waals surface area contributed by atoms with Crippen LogP contribution in [0.4, 0.5) is 8.78 Å². The van der Waals surface area contributed by atoms with Gasteiger partial charge < -0.3 is 14.0 Å². The normalized spacial score (nSPS) is 11.3. The van der Waals surface area contributed by atoms with E-state index in [0.717, 1.165) is 38.8 Å². The van der Waals surface area contributed by atoms with Crippen LogP contribution in [0.15, 0.2) is 144 Å². The number of para-hydroxylation sites is 2. The molecule has 11 heteroatoms. The average Bonchev–Trinajstić information content (AvgIpc) is 3.85. The summed E-state index contributed by atoms with van der Waals surface area (Å²) in [5, 5.41) is 1.52. The summed E-state index contributed by atoms with van der Waals surface area (Å²) in [6, 6.07) is 50.5. The molecule has 10 rings (SSSR count). The molecule has 303 valence electrons. The molecule has 8 nitrogen and oxygen atoms in total. The van der Waals surface area contributed by atoms with Crippen LogP contribution < -0.4 is 0 Å². The van der Waals surface area contributed by atoms with Crippen molar-refractivity contribution in [2.75, 3.05) is 0 Å². The second-order valence-electron chi connectivity index (χ2n) is 14.9. The number of furan rings is 1. The van der Waals surface area contributed by atoms with Gasteiger partial charge in [-0.25, -0.2) is 4.98 Å². The Morgan fingerprint density at radius 2 is 1.31 bits per heavy atom. The summed E-state index contributed by atoms with van der Waals surface area (Å²) in [5.41, 5.74) is 11.3. The van der Waals surface area contributed by atoms with E-state index in [4.69, 9.17) is 9.40 Å². The maximum atomic E-state index is 13.8. The molecule has 0 fully saturated rings. The Morgan fingerprint density at radius 3 is 2.00 bits per heavy atom. The maximum absolute atomic E-state index is 13.8. The van der Waals surface area contributed by atoms with Crippen molar-refractivity contribution < 1.29 is 33.3 Å². The number of pyridine rings is 2. The average molecular weight is 982 g/mol. The summed E-state index contributed by atoms with van der Waals surface area (Å²) >= 11 is 0. The van der Waals surface area contributed by atoms with Gasteiger partial charge in [-0.05, 0) is 82.2 Å². The van der Waals surface area contributed by atoms with Crippen LogP contribution >= 0.6 is 0 Å². The van der Waals surface area contributed by atoms with Crippen molar-refractivity contribution in [2.24, 2.45) is 0 Å². The van der Waals surface area contributed by atoms with E-state index in [0.29, 0.717) is 17.0 Å². The van der Waals surface area contributed by atoms with E-state index in [1.165, 1.54) is 22.3 Å². The van der Waals surface area contributed by atoms with Crippen molar-refractivity contribution in [3.8, 4) is 51.0 Å². The molecule has 0 saturated carbocycles. The third-order valence-electron chi connectivity index (χ3n) is 10.3. The van der Waals surface area contributed by atoms with E-state index in [1.54, 1.807) is 18.3 Å². The molecule has 0 aliphatic rings. The first kappa shape index (κ1) is 40.9. The van der Waals surface area contributed by atoms with E-state index in [2.05, 4.69) is 112 Å². The smallest absolute Gasteiger partial charge is 0.314 e. The molecule has 5 aromatic carbocycles. The van der Waals surface area contributed by atoms with E-state index in [1.807, 2.05) is 78.9 Å². The molecule has 0 aliphatic heterocycles. The van der Waals surface area contributed by atoms with Crippen LogP contribution in [-0.2, 0) is 20.1 Å². The van der Waals surface area contributed by atoms with Gasteiger partial charge in [0.1, 0.15) is 5.69 Å². The third kappa shape index (κ3) is 8.10. The van der Waals surface area contributed by atoms with Crippen molar-refractivity contribution in [3.63, 3.8) is 0 Å². The number of imidazole rings is 1. The zero-order chi connectivity index (χ0) is 41.3. The molecule has 0 saturated heterocycles. The summed E-state index contributed by atoms with van der Waals surface area (Å²) in [7, 11) is 0. The number of rotatable bonds is 7. The van der Waals surface area contributed by atoms with Crippen LogP contribution in [0, 0.1) is 24.3 Å². The van der Waals surface area contributed by atoms with Crippen molar-refractivity contribution in [1.82, 2.24) is 34.5 Å². The van der Waals surface area contributed by atoms with Gasteiger partial charge in [-0.2, -0.15) is 23.7 Å². The van der Waals surface area contributed by atoms with Gasteiger partial charge in [0.05, 0.1) is 22.4 Å². The second kappa shape index (κ2) is 17.4. The molecule has 0 amide bonds. The van der Waals surface area contributed by atoms with Gasteiger partial charge in [0.2, 0.25) is 5.71 Å². The van der Waals surface area contributed by atoms with E-state index in [-0.39, 0.29) is 49.2 Å². The Morgan fingerprint density at radius 1 is 0.607 bits per heavy atom. The maximum Gasteiger partial charge on any atom is 0.314 e. The molecule has 0 aliphatic carbocycles. The molecule has 5 aromatic heterocycles. The van der Waals surface area contributed by atoms with E-state index in [9.17, 15) is 8.78 Å². The van der Waals surface area contributed by atoms with Crippen LogP contribution in [-0.4, -0.2) is 34.5 Å². The minimum absolute atomic E-state index is 0. The third-order valence-corrected chi connectivity index (χ3v) is 10.3. The molecule has 1 radical (unpaired) electrons. The Bertz CT molecular complexity index is 3050. The topological polar surface area (TPSA) is 95.4 Å². The number of nitrogens with zero attached hydrogens (tertiary/aromatic N) is 7. The number of halogens is 2. The molecular weight excluding hydrogens is 945 g/mol. The molecule has 0 N–H and O–H groups in total. The molecule has 10 aromatic rings. The van der Waals surface area contributed by atoms with E-state index < -0.39 is 12.2 Å². The van der Waals surface area contributed by atoms with Gasteiger partial charge >= 0.3 is 12.2 Å². The number of hydrogen-bond acceptors (Lipinski definition) is 7. The second-order valence-corrected chi connectivity index (χ2v) is 14.9. The summed E-state index contributed by atoms with van der Waals surface area (Å²) in [6.45, 7) is 8.87. The van der Waals surface area contributed by atoms with Crippen molar-refractivity contribution in [1.29, 1.82) is 0 Å². The monoisotopic (exact) mass is 982 g/mol. The van der Waals surface area contributed by atoms with Gasteiger partial charge in [0.15, 0.2) is 5.82 Å². The number of fused-ring (bicyclic) bond motifs is 4. The quantitative estimate of drug-likeness (QED) is 0.147. The van der Waals surface area contributed by atoms with E-state index >= 15 is 0 Å². The van der Waals surface area contributed by atoms with Crippen LogP contribution in [0.2, 0.25) is 0 Å². The van der Waals surface area contributed by atoms with Crippen molar-refractivity contribution >= 4 is 33.1 Å². The first-order valence-corrected chi connectivity index (χ1v) is 19.6. The molecule has 5 heterocycles. The van der Waals surface area contributed by atoms with Gasteiger partial charge in [-0.3, -0.25) is 4.98 Å². The Hall–Kier alpha value is -6.81. The number of aromatic nitrogens is 7. The predicted molar refractivity (Wildman–Crippen MR) is 231 cm³/mol. The minimum atomic E-state index is -1.22. The summed E-state index contributed by atoms with van der Waals surface area (Å²) in [5.74, 6) is 0.860. The molecule has 0 atom stereocenters. The van der Waals surface area contributed by atoms with Gasteiger partial charge in [0, 0.05) is 37.4 Å². The van der Waals surface area contributed by atoms with Gasteiger partial charge in [-0.15, -0.1) is 54.1 Å². The fraction of sp³-hybridized carbons (Fsp3) is 0.120. The Kier molecular flexibility index (Phi) is 11.7. The zero-order valence-electron chi connectivity index (χ0n) is 33.6. The van der Waals surface area contributed by atoms with Crippen LogP contribution in [0.25, 0.3) is 84.1 Å². The predicted octanol–water partition coefficient (Wildman–Crippen LogP) is 12.4. The molecule has 0 bridgehead atoms. The summed E-state index contributed by atoms with van der Waals surface area (Å²) in [6.07, 6.45) is -0.660. The standard InChI is InChI=1S/C39H29F2N6O.C11H8N.Ir/c1-21(2)28-19-24(23-11-6-5-7-12-23)20-29(22(3)4)33(28)47-32-16-9-8-15-30(32)42-36(47)27-14-10-13-25-26-17-18-31(43-37(26)48-34(25)27)35-44-38(40)46-39(41)45-35;1-2-6-10(7-3-1)11-8-4-5-9-12-11;/h5-13,15-22H,1-4H3;1-6,8-9H;/q2*-1;.